The first kappa shape index (κ1) is 19.2. The van der Waals surface area contributed by atoms with Gasteiger partial charge in [0.15, 0.2) is 0 Å². The minimum atomic E-state index is -0.463. The summed E-state index contributed by atoms with van der Waals surface area (Å²) in [6, 6.07) is 6.35. The van der Waals surface area contributed by atoms with Crippen LogP contribution in [-0.4, -0.2) is 30.6 Å². The third kappa shape index (κ3) is 4.62. The Kier molecular flexibility index (Phi) is 5.78. The van der Waals surface area contributed by atoms with Gasteiger partial charge in [-0.25, -0.2) is 9.37 Å². The minimum absolute atomic E-state index is 0.0523. The molecule has 1 aliphatic carbocycles. The number of rotatable bonds is 6. The van der Waals surface area contributed by atoms with Gasteiger partial charge in [0.1, 0.15) is 11.6 Å². The first-order valence-electron chi connectivity index (χ1n) is 9.68. The van der Waals surface area contributed by atoms with Crippen LogP contribution < -0.4 is 10.6 Å². The van der Waals surface area contributed by atoms with Crippen molar-refractivity contribution in [2.24, 2.45) is 5.92 Å². The molecule has 5 nitrogen and oxygen atoms in total. The lowest BCUT2D eigenvalue weighted by Gasteiger charge is -2.22. The molecule has 1 aromatic heterocycles. The number of nitrogens with zero attached hydrogens (tertiary/aromatic N) is 1. The maximum absolute atomic E-state index is 13.3. The van der Waals surface area contributed by atoms with Gasteiger partial charge in [-0.1, -0.05) is 11.6 Å². The number of amides is 1. The van der Waals surface area contributed by atoms with E-state index in [2.05, 4.69) is 15.6 Å². The molecule has 2 fully saturated rings. The fourth-order valence-electron chi connectivity index (χ4n) is 3.47. The number of anilines is 2. The summed E-state index contributed by atoms with van der Waals surface area (Å²) in [5.74, 6) is 0.946. The quantitative estimate of drug-likeness (QED) is 0.736. The average molecular weight is 404 g/mol. The smallest absolute Gasteiger partial charge is 0.253 e. The number of nitrogens with one attached hydrogen (secondary N) is 2. The van der Waals surface area contributed by atoms with Gasteiger partial charge in [-0.05, 0) is 67.3 Å². The van der Waals surface area contributed by atoms with Crippen LogP contribution in [0.3, 0.4) is 0 Å². The summed E-state index contributed by atoms with van der Waals surface area (Å²) in [6.07, 6.45) is 5.74. The molecule has 2 N–H and O–H groups in total. The molecule has 0 atom stereocenters. The molecule has 7 heteroatoms. The number of ether oxygens (including phenoxy) is 1. The fraction of sp³-hybridized carbons (Fsp3) is 0.429. The fourth-order valence-corrected chi connectivity index (χ4v) is 3.65. The molecule has 1 saturated carbocycles. The van der Waals surface area contributed by atoms with E-state index in [1.54, 1.807) is 12.3 Å². The standard InChI is InChI=1S/C21H23ClFN3O2/c22-18-9-15(3-4-19(18)23)26-20-10-16(14-1-2-14)17(12-24-20)21(27)25-11-13-5-7-28-8-6-13/h3-4,9-10,12-14H,1-2,5-8,11H2,(H,24,26)(H,25,27). The second-order valence-corrected chi connectivity index (χ2v) is 7.86. The molecule has 4 rings (SSSR count). The predicted molar refractivity (Wildman–Crippen MR) is 107 cm³/mol. The second-order valence-electron chi connectivity index (χ2n) is 7.45. The van der Waals surface area contributed by atoms with Crippen molar-refractivity contribution in [1.29, 1.82) is 0 Å². The average Bonchev–Trinajstić information content (AvgIpc) is 3.55. The molecule has 0 bridgehead atoms. The van der Waals surface area contributed by atoms with Gasteiger partial charge < -0.3 is 15.4 Å². The lowest BCUT2D eigenvalue weighted by molar-refractivity contribution is 0.0642. The molecule has 1 aromatic carbocycles. The summed E-state index contributed by atoms with van der Waals surface area (Å²) in [5.41, 5.74) is 2.30. The molecule has 0 radical (unpaired) electrons. The summed E-state index contributed by atoms with van der Waals surface area (Å²) < 4.78 is 18.7. The number of hydrogen-bond donors (Lipinski definition) is 2. The molecule has 28 heavy (non-hydrogen) atoms. The Morgan fingerprint density at radius 2 is 2.00 bits per heavy atom. The number of aromatic nitrogens is 1. The van der Waals surface area contributed by atoms with Crippen LogP contribution in [0.2, 0.25) is 5.02 Å². The molecular weight excluding hydrogens is 381 g/mol. The van der Waals surface area contributed by atoms with Crippen LogP contribution >= 0.6 is 11.6 Å². The zero-order valence-corrected chi connectivity index (χ0v) is 16.3. The molecule has 1 amide bonds. The van der Waals surface area contributed by atoms with Crippen LogP contribution in [0.15, 0.2) is 30.5 Å². The highest BCUT2D eigenvalue weighted by atomic mass is 35.5. The van der Waals surface area contributed by atoms with Crippen molar-refractivity contribution in [2.75, 3.05) is 25.1 Å². The first-order valence-corrected chi connectivity index (χ1v) is 10.1. The SMILES string of the molecule is O=C(NCC1CCOCC1)c1cnc(Nc2ccc(F)c(Cl)c2)cc1C1CC1. The molecule has 0 spiro atoms. The lowest BCUT2D eigenvalue weighted by atomic mass is 10.00. The molecule has 2 heterocycles. The van der Waals surface area contributed by atoms with Crippen LogP contribution in [0.4, 0.5) is 15.9 Å². The number of carbonyl (C=O) groups is 1. The van der Waals surface area contributed by atoms with Crippen LogP contribution in [0.25, 0.3) is 0 Å². The summed E-state index contributed by atoms with van der Waals surface area (Å²) in [7, 11) is 0. The maximum Gasteiger partial charge on any atom is 0.253 e. The molecule has 1 aliphatic heterocycles. The second kappa shape index (κ2) is 8.45. The van der Waals surface area contributed by atoms with Crippen molar-refractivity contribution in [3.63, 3.8) is 0 Å². The Bertz CT molecular complexity index is 867. The third-order valence-corrected chi connectivity index (χ3v) is 5.57. The van der Waals surface area contributed by atoms with Crippen molar-refractivity contribution in [2.45, 2.75) is 31.6 Å². The number of pyridine rings is 1. The normalized spacial score (nSPS) is 17.4. The van der Waals surface area contributed by atoms with Gasteiger partial charge in [0, 0.05) is 31.6 Å². The monoisotopic (exact) mass is 403 g/mol. The summed E-state index contributed by atoms with van der Waals surface area (Å²) in [4.78, 5) is 17.1. The van der Waals surface area contributed by atoms with E-state index in [4.69, 9.17) is 16.3 Å². The Morgan fingerprint density at radius 3 is 2.71 bits per heavy atom. The molecular formula is C21H23ClFN3O2. The highest BCUT2D eigenvalue weighted by molar-refractivity contribution is 6.31. The Labute approximate surface area is 168 Å². The first-order chi connectivity index (χ1) is 13.6. The van der Waals surface area contributed by atoms with Crippen LogP contribution in [0.1, 0.15) is 47.5 Å². The van der Waals surface area contributed by atoms with Crippen LogP contribution in [0, 0.1) is 11.7 Å². The highest BCUT2D eigenvalue weighted by Crippen LogP contribution is 2.42. The van der Waals surface area contributed by atoms with Gasteiger partial charge in [0.05, 0.1) is 10.6 Å². The highest BCUT2D eigenvalue weighted by Gasteiger charge is 2.29. The molecule has 2 aromatic rings. The zero-order valence-electron chi connectivity index (χ0n) is 15.5. The maximum atomic E-state index is 13.3. The third-order valence-electron chi connectivity index (χ3n) is 5.28. The van der Waals surface area contributed by atoms with Gasteiger partial charge >= 0.3 is 0 Å². The van der Waals surface area contributed by atoms with E-state index in [1.165, 1.54) is 12.1 Å². The van der Waals surface area contributed by atoms with E-state index in [9.17, 15) is 9.18 Å². The van der Waals surface area contributed by atoms with E-state index >= 15 is 0 Å². The zero-order chi connectivity index (χ0) is 19.5. The largest absolute Gasteiger partial charge is 0.381 e. The van der Waals surface area contributed by atoms with Gasteiger partial charge in [-0.2, -0.15) is 0 Å². The summed E-state index contributed by atoms with van der Waals surface area (Å²) in [6.45, 7) is 2.20. The number of halogens is 2. The van der Waals surface area contributed by atoms with Crippen molar-refractivity contribution in [1.82, 2.24) is 10.3 Å². The van der Waals surface area contributed by atoms with E-state index in [-0.39, 0.29) is 10.9 Å². The molecule has 1 saturated heterocycles. The lowest BCUT2D eigenvalue weighted by Crippen LogP contribution is -2.32. The van der Waals surface area contributed by atoms with E-state index in [1.807, 2.05) is 6.07 Å². The number of benzene rings is 1. The Hall–Kier alpha value is -2.18. The Balaban J connectivity index is 1.47. The molecule has 148 valence electrons. The van der Waals surface area contributed by atoms with Gasteiger partial charge in [0.2, 0.25) is 0 Å². The van der Waals surface area contributed by atoms with E-state index in [0.717, 1.165) is 44.5 Å². The Morgan fingerprint density at radius 1 is 1.21 bits per heavy atom. The van der Waals surface area contributed by atoms with E-state index in [0.29, 0.717) is 35.4 Å². The predicted octanol–water partition coefficient (Wildman–Crippen LogP) is 4.65. The van der Waals surface area contributed by atoms with Crippen molar-refractivity contribution in [3.8, 4) is 0 Å². The van der Waals surface area contributed by atoms with Gasteiger partial charge in [-0.3, -0.25) is 4.79 Å². The van der Waals surface area contributed by atoms with Gasteiger partial charge in [-0.15, -0.1) is 0 Å². The van der Waals surface area contributed by atoms with Crippen molar-refractivity contribution < 1.29 is 13.9 Å². The summed E-state index contributed by atoms with van der Waals surface area (Å²) in [5, 5.41) is 6.25. The molecule has 0 unspecified atom stereocenters. The number of carbonyl (C=O) groups excluding carboxylic acids is 1. The summed E-state index contributed by atoms with van der Waals surface area (Å²) >= 11 is 5.84. The van der Waals surface area contributed by atoms with Crippen LogP contribution in [0.5, 0.6) is 0 Å². The number of hydrogen-bond acceptors (Lipinski definition) is 4. The van der Waals surface area contributed by atoms with Crippen molar-refractivity contribution >= 4 is 29.0 Å². The topological polar surface area (TPSA) is 63.2 Å². The van der Waals surface area contributed by atoms with E-state index < -0.39 is 5.82 Å². The molecule has 2 aliphatic rings. The van der Waals surface area contributed by atoms with Crippen LogP contribution in [-0.2, 0) is 4.74 Å². The minimum Gasteiger partial charge on any atom is -0.381 e. The van der Waals surface area contributed by atoms with Gasteiger partial charge in [0.25, 0.3) is 5.91 Å². The van der Waals surface area contributed by atoms with Crippen molar-refractivity contribution in [3.05, 3.63) is 52.4 Å².